The third kappa shape index (κ3) is 9.33. The smallest absolute Gasteiger partial charge is 0.404 e. The van der Waals surface area contributed by atoms with Gasteiger partial charge in [-0.1, -0.05) is 13.5 Å². The summed E-state index contributed by atoms with van der Waals surface area (Å²) in [7, 11) is -4.97. The Kier molecular flexibility index (Phi) is 7.45. The lowest BCUT2D eigenvalue weighted by Gasteiger charge is -2.30. The minimum atomic E-state index is -1.71. The third-order valence-electron chi connectivity index (χ3n) is 2.33. The first-order chi connectivity index (χ1) is 8.47. The molecule has 0 heterocycles. The van der Waals surface area contributed by atoms with Crippen LogP contribution < -0.4 is 0 Å². The molecule has 0 aromatic rings. The number of hydrogen-bond donors (Lipinski definition) is 0. The van der Waals surface area contributed by atoms with E-state index in [4.69, 9.17) is 13.0 Å². The average Bonchev–Trinajstić information content (AvgIpc) is 2.22. The molecule has 0 fully saturated rings. The Bertz CT molecular complexity index is 323. The van der Waals surface area contributed by atoms with Crippen LogP contribution in [0.15, 0.2) is 12.2 Å². The maximum absolute atomic E-state index is 11.5. The van der Waals surface area contributed by atoms with Gasteiger partial charge in [-0.05, 0) is 45.7 Å². The van der Waals surface area contributed by atoms with E-state index in [0.29, 0.717) is 5.57 Å². The molecule has 0 aromatic carbocycles. The van der Waals surface area contributed by atoms with Crippen LogP contribution in [0.2, 0.25) is 38.8 Å². The molecule has 19 heavy (non-hydrogen) atoms. The predicted molar refractivity (Wildman–Crippen MR) is 85.0 cm³/mol. The normalized spacial score (nSPS) is 12.6. The number of rotatable bonds is 8. The lowest BCUT2D eigenvalue weighted by molar-refractivity contribution is -0.137. The van der Waals surface area contributed by atoms with E-state index in [2.05, 4.69) is 46.2 Å². The first-order valence-electron chi connectivity index (χ1n) is 6.53. The van der Waals surface area contributed by atoms with Gasteiger partial charge in [-0.2, -0.15) is 0 Å². The Balaban J connectivity index is 4.60. The van der Waals surface area contributed by atoms with Gasteiger partial charge in [-0.3, -0.25) is 0 Å². The Morgan fingerprint density at radius 3 is 2.05 bits per heavy atom. The molecule has 0 bridgehead atoms. The van der Waals surface area contributed by atoms with E-state index in [0.717, 1.165) is 6.04 Å². The van der Waals surface area contributed by atoms with Crippen molar-refractivity contribution in [1.82, 2.24) is 0 Å². The van der Waals surface area contributed by atoms with E-state index in [1.165, 1.54) is 0 Å². The second-order valence-electron chi connectivity index (χ2n) is 6.16. The van der Waals surface area contributed by atoms with E-state index in [1.807, 2.05) is 0 Å². The average molecular weight is 320 g/mol. The zero-order valence-corrected chi connectivity index (χ0v) is 16.3. The highest BCUT2D eigenvalue weighted by Crippen LogP contribution is 2.15. The molecule has 0 aliphatic heterocycles. The van der Waals surface area contributed by atoms with Crippen molar-refractivity contribution < 1.29 is 17.8 Å². The van der Waals surface area contributed by atoms with Crippen LogP contribution in [0.1, 0.15) is 13.8 Å². The number of carbonyl (C=O) groups excluding carboxylic acids is 1. The monoisotopic (exact) mass is 319 g/mol. The summed E-state index contributed by atoms with van der Waals surface area (Å²) in [6.45, 7) is 18.0. The number of carbonyl (C=O) groups is 1. The van der Waals surface area contributed by atoms with Gasteiger partial charge in [0, 0.05) is 5.57 Å². The van der Waals surface area contributed by atoms with Gasteiger partial charge in [0.2, 0.25) is 0 Å². The summed E-state index contributed by atoms with van der Waals surface area (Å²) in [5.41, 5.74) is 0.404. The quantitative estimate of drug-likeness (QED) is 0.391. The van der Waals surface area contributed by atoms with Crippen LogP contribution in [0.5, 0.6) is 0 Å². The number of esters is 1. The van der Waals surface area contributed by atoms with Crippen LogP contribution in [0.4, 0.5) is 0 Å². The second-order valence-corrected chi connectivity index (χ2v) is 17.3. The summed E-state index contributed by atoms with van der Waals surface area (Å²) in [5, 5.41) is 0. The minimum Gasteiger partial charge on any atom is -0.461 e. The standard InChI is InChI=1S/C12H27O4Si3/c1-9-19(7,8)16-17(15-18(4,5)6)10-14-12(13)11(2)3/h2,9-10H2,1,3-8H3. The van der Waals surface area contributed by atoms with Crippen LogP contribution >= 0.6 is 0 Å². The number of ether oxygens (including phenoxy) is 1. The fraction of sp³-hybridized carbons (Fsp3) is 0.750. The lowest BCUT2D eigenvalue weighted by Crippen LogP contribution is -2.47. The van der Waals surface area contributed by atoms with Crippen LogP contribution in [0, 0.1) is 0 Å². The summed E-state index contributed by atoms with van der Waals surface area (Å²) >= 11 is 0. The Morgan fingerprint density at radius 2 is 1.68 bits per heavy atom. The molecular formula is C12H27O4Si3. The summed E-state index contributed by atoms with van der Waals surface area (Å²) in [4.78, 5) is 11.5. The third-order valence-corrected chi connectivity index (χ3v) is 10.9. The van der Waals surface area contributed by atoms with E-state index >= 15 is 0 Å². The summed E-state index contributed by atoms with van der Waals surface area (Å²) in [6.07, 6.45) is 0.233. The van der Waals surface area contributed by atoms with Gasteiger partial charge in [0.25, 0.3) is 0 Å². The molecule has 0 aliphatic carbocycles. The fourth-order valence-electron chi connectivity index (χ4n) is 1.05. The highest BCUT2D eigenvalue weighted by molar-refractivity contribution is 6.81. The van der Waals surface area contributed by atoms with Gasteiger partial charge in [0.05, 0.1) is 0 Å². The molecule has 4 nitrogen and oxygen atoms in total. The number of hydrogen-bond acceptors (Lipinski definition) is 4. The lowest BCUT2D eigenvalue weighted by atomic mass is 10.4. The van der Waals surface area contributed by atoms with Crippen molar-refractivity contribution in [2.24, 2.45) is 0 Å². The van der Waals surface area contributed by atoms with E-state index in [1.54, 1.807) is 6.92 Å². The Hall–Kier alpha value is -0.219. The molecule has 7 heteroatoms. The highest BCUT2D eigenvalue weighted by Gasteiger charge is 2.33. The molecule has 0 aromatic heterocycles. The van der Waals surface area contributed by atoms with Gasteiger partial charge in [-0.25, -0.2) is 4.79 Å². The molecule has 0 saturated carbocycles. The summed E-state index contributed by atoms with van der Waals surface area (Å²) in [6, 6.07) is 1.02. The van der Waals surface area contributed by atoms with Crippen molar-refractivity contribution in [1.29, 1.82) is 0 Å². The van der Waals surface area contributed by atoms with Crippen molar-refractivity contribution in [3.63, 3.8) is 0 Å². The van der Waals surface area contributed by atoms with Crippen molar-refractivity contribution in [2.45, 2.75) is 52.6 Å². The predicted octanol–water partition coefficient (Wildman–Crippen LogP) is 3.23. The van der Waals surface area contributed by atoms with Crippen molar-refractivity contribution in [2.75, 3.05) is 6.23 Å². The fourth-order valence-corrected chi connectivity index (χ4v) is 8.09. The maximum Gasteiger partial charge on any atom is 0.404 e. The van der Waals surface area contributed by atoms with Crippen LogP contribution in [-0.2, 0) is 17.8 Å². The maximum atomic E-state index is 11.5. The zero-order valence-electron chi connectivity index (χ0n) is 13.3. The van der Waals surface area contributed by atoms with E-state index in [-0.39, 0.29) is 12.2 Å². The summed E-state index contributed by atoms with van der Waals surface area (Å²) < 4.78 is 17.4. The second kappa shape index (κ2) is 7.53. The van der Waals surface area contributed by atoms with Gasteiger partial charge in [0.15, 0.2) is 16.6 Å². The van der Waals surface area contributed by atoms with Crippen molar-refractivity contribution >= 4 is 31.9 Å². The Morgan fingerprint density at radius 1 is 1.16 bits per heavy atom. The molecule has 1 radical (unpaired) electrons. The van der Waals surface area contributed by atoms with Gasteiger partial charge >= 0.3 is 15.3 Å². The first kappa shape index (κ1) is 18.8. The van der Waals surface area contributed by atoms with E-state index < -0.39 is 25.9 Å². The largest absolute Gasteiger partial charge is 0.461 e. The van der Waals surface area contributed by atoms with Crippen LogP contribution in [0.25, 0.3) is 0 Å². The summed E-state index contributed by atoms with van der Waals surface area (Å²) in [5.74, 6) is -0.374. The molecule has 111 valence electrons. The SMILES string of the molecule is C=C(C)C(=O)OC[Si](O[Si](C)(C)C)O[Si](C)(C)CC. The highest BCUT2D eigenvalue weighted by atomic mass is 28.4. The van der Waals surface area contributed by atoms with Crippen molar-refractivity contribution in [3.8, 4) is 0 Å². The zero-order chi connectivity index (χ0) is 15.3. The molecule has 0 N–H and O–H groups in total. The van der Waals surface area contributed by atoms with E-state index in [9.17, 15) is 4.79 Å². The molecule has 0 rings (SSSR count). The molecule has 0 amide bonds. The topological polar surface area (TPSA) is 44.8 Å². The molecule has 0 saturated heterocycles. The molecular weight excluding hydrogens is 292 g/mol. The minimum absolute atomic E-state index is 0.233. The van der Waals surface area contributed by atoms with Crippen molar-refractivity contribution in [3.05, 3.63) is 12.2 Å². The molecule has 0 unspecified atom stereocenters. The van der Waals surface area contributed by atoms with Crippen LogP contribution in [0.3, 0.4) is 0 Å². The molecule has 0 aliphatic rings. The van der Waals surface area contributed by atoms with Gasteiger partial charge < -0.3 is 13.0 Å². The van der Waals surface area contributed by atoms with Gasteiger partial charge in [0.1, 0.15) is 6.23 Å². The Labute approximate surface area is 121 Å². The van der Waals surface area contributed by atoms with Gasteiger partial charge in [-0.15, -0.1) is 0 Å². The van der Waals surface area contributed by atoms with Crippen LogP contribution in [-0.4, -0.2) is 38.1 Å². The first-order valence-corrected chi connectivity index (χ1v) is 14.6. The molecule has 0 atom stereocenters. The molecule has 0 spiro atoms.